The van der Waals surface area contributed by atoms with Crippen molar-refractivity contribution in [3.05, 3.63) is 17.5 Å². The molecular weight excluding hydrogens is 162 g/mol. The Morgan fingerprint density at radius 3 is 2.69 bits per heavy atom. The maximum atomic E-state index is 4.42. The van der Waals surface area contributed by atoms with Gasteiger partial charge in [-0.2, -0.15) is 5.10 Å². The van der Waals surface area contributed by atoms with E-state index >= 15 is 0 Å². The first-order valence-electron chi connectivity index (χ1n) is 4.94. The van der Waals surface area contributed by atoms with Gasteiger partial charge < -0.3 is 5.32 Å². The van der Waals surface area contributed by atoms with Crippen LogP contribution < -0.4 is 5.32 Å². The van der Waals surface area contributed by atoms with E-state index in [9.17, 15) is 0 Å². The molecule has 13 heavy (non-hydrogen) atoms. The van der Waals surface area contributed by atoms with Crippen molar-refractivity contribution in [3.8, 4) is 0 Å². The van der Waals surface area contributed by atoms with Gasteiger partial charge in [0.25, 0.3) is 0 Å². The lowest BCUT2D eigenvalue weighted by atomic mass is 10.1. The van der Waals surface area contributed by atoms with E-state index < -0.39 is 0 Å². The lowest BCUT2D eigenvalue weighted by Gasteiger charge is -2.14. The van der Waals surface area contributed by atoms with E-state index in [1.807, 2.05) is 14.0 Å². The molecule has 0 saturated carbocycles. The molecule has 1 N–H and O–H groups in total. The number of nitrogens with zero attached hydrogens (tertiary/aromatic N) is 2. The number of aryl methyl sites for hydroxylation is 2. The SMILES string of the molecule is CCC(NC)c1cc(C)nn1CC. The first-order chi connectivity index (χ1) is 6.22. The Bertz CT molecular complexity index is 261. The minimum atomic E-state index is 0.432. The van der Waals surface area contributed by atoms with Crippen molar-refractivity contribution < 1.29 is 0 Å². The highest BCUT2D eigenvalue weighted by Crippen LogP contribution is 2.16. The van der Waals surface area contributed by atoms with Gasteiger partial charge in [0.15, 0.2) is 0 Å². The maximum absolute atomic E-state index is 4.42. The molecule has 0 radical (unpaired) electrons. The molecule has 0 aromatic carbocycles. The Labute approximate surface area is 80.1 Å². The van der Waals surface area contributed by atoms with Gasteiger partial charge in [0.05, 0.1) is 11.4 Å². The average molecular weight is 181 g/mol. The summed E-state index contributed by atoms with van der Waals surface area (Å²) in [5.41, 5.74) is 2.40. The standard InChI is InChI=1S/C10H19N3/c1-5-9(11-4)10-7-8(3)12-13(10)6-2/h7,9,11H,5-6H2,1-4H3. The molecule has 74 valence electrons. The van der Waals surface area contributed by atoms with Crippen LogP contribution in [-0.2, 0) is 6.54 Å². The quantitative estimate of drug-likeness (QED) is 0.768. The number of nitrogens with one attached hydrogen (secondary N) is 1. The second-order valence-corrected chi connectivity index (χ2v) is 3.28. The highest BCUT2D eigenvalue weighted by atomic mass is 15.3. The molecule has 0 spiro atoms. The van der Waals surface area contributed by atoms with Gasteiger partial charge in [0.1, 0.15) is 0 Å². The van der Waals surface area contributed by atoms with Crippen LogP contribution in [0, 0.1) is 6.92 Å². The van der Waals surface area contributed by atoms with Crippen LogP contribution in [0.4, 0.5) is 0 Å². The summed E-state index contributed by atoms with van der Waals surface area (Å²) < 4.78 is 2.07. The molecule has 0 saturated heterocycles. The molecule has 1 aromatic rings. The molecule has 3 nitrogen and oxygen atoms in total. The van der Waals surface area contributed by atoms with Crippen molar-refractivity contribution in [2.24, 2.45) is 0 Å². The van der Waals surface area contributed by atoms with E-state index in [2.05, 4.69) is 35.0 Å². The third kappa shape index (κ3) is 2.10. The molecular formula is C10H19N3. The van der Waals surface area contributed by atoms with Crippen LogP contribution in [0.1, 0.15) is 37.7 Å². The average Bonchev–Trinajstić information content (AvgIpc) is 2.49. The second-order valence-electron chi connectivity index (χ2n) is 3.28. The molecule has 0 aliphatic rings. The first-order valence-corrected chi connectivity index (χ1v) is 4.94. The molecule has 1 unspecified atom stereocenters. The Morgan fingerprint density at radius 1 is 1.54 bits per heavy atom. The Morgan fingerprint density at radius 2 is 2.23 bits per heavy atom. The molecule has 1 rings (SSSR count). The first kappa shape index (κ1) is 10.3. The highest BCUT2D eigenvalue weighted by Gasteiger charge is 2.12. The summed E-state index contributed by atoms with van der Waals surface area (Å²) in [5, 5.41) is 7.72. The van der Waals surface area contributed by atoms with Crippen LogP contribution in [0.5, 0.6) is 0 Å². The van der Waals surface area contributed by atoms with Gasteiger partial charge in [0.2, 0.25) is 0 Å². The van der Waals surface area contributed by atoms with Gasteiger partial charge in [-0.25, -0.2) is 0 Å². The van der Waals surface area contributed by atoms with E-state index in [1.165, 1.54) is 5.69 Å². The van der Waals surface area contributed by atoms with Gasteiger partial charge in [-0.3, -0.25) is 4.68 Å². The molecule has 0 fully saturated rings. The zero-order valence-corrected chi connectivity index (χ0v) is 8.96. The van der Waals surface area contributed by atoms with Gasteiger partial charge in [-0.1, -0.05) is 6.92 Å². The Kier molecular flexibility index (Phi) is 3.48. The summed E-state index contributed by atoms with van der Waals surface area (Å²) in [6.07, 6.45) is 1.10. The van der Waals surface area contributed by atoms with Crippen molar-refractivity contribution >= 4 is 0 Å². The summed E-state index contributed by atoms with van der Waals surface area (Å²) in [7, 11) is 2.00. The molecule has 3 heteroatoms. The lowest BCUT2D eigenvalue weighted by Crippen LogP contribution is -2.19. The third-order valence-corrected chi connectivity index (χ3v) is 2.35. The van der Waals surface area contributed by atoms with Gasteiger partial charge in [-0.05, 0) is 33.4 Å². The summed E-state index contributed by atoms with van der Waals surface area (Å²) in [6, 6.07) is 2.59. The fraction of sp³-hybridized carbons (Fsp3) is 0.700. The van der Waals surface area contributed by atoms with Crippen molar-refractivity contribution in [1.82, 2.24) is 15.1 Å². The summed E-state index contributed by atoms with van der Waals surface area (Å²) >= 11 is 0. The maximum Gasteiger partial charge on any atom is 0.0597 e. The number of hydrogen-bond donors (Lipinski definition) is 1. The molecule has 0 aliphatic heterocycles. The van der Waals surface area contributed by atoms with Crippen LogP contribution in [0.15, 0.2) is 6.07 Å². The predicted octanol–water partition coefficient (Wildman–Crippen LogP) is 1.88. The van der Waals surface area contributed by atoms with Crippen molar-refractivity contribution in [2.45, 2.75) is 39.8 Å². The lowest BCUT2D eigenvalue weighted by molar-refractivity contribution is 0.504. The fourth-order valence-corrected chi connectivity index (χ4v) is 1.66. The number of hydrogen-bond acceptors (Lipinski definition) is 2. The Balaban J connectivity index is 2.96. The van der Waals surface area contributed by atoms with Crippen LogP contribution in [-0.4, -0.2) is 16.8 Å². The van der Waals surface area contributed by atoms with Crippen LogP contribution in [0.25, 0.3) is 0 Å². The molecule has 0 aliphatic carbocycles. The van der Waals surface area contributed by atoms with Crippen LogP contribution in [0.3, 0.4) is 0 Å². The monoisotopic (exact) mass is 181 g/mol. The van der Waals surface area contributed by atoms with Crippen molar-refractivity contribution in [3.63, 3.8) is 0 Å². The predicted molar refractivity (Wildman–Crippen MR) is 54.7 cm³/mol. The highest BCUT2D eigenvalue weighted by molar-refractivity contribution is 5.13. The number of rotatable bonds is 4. The van der Waals surface area contributed by atoms with E-state index in [0.29, 0.717) is 6.04 Å². The third-order valence-electron chi connectivity index (χ3n) is 2.35. The van der Waals surface area contributed by atoms with E-state index in [1.54, 1.807) is 0 Å². The van der Waals surface area contributed by atoms with Gasteiger partial charge in [0, 0.05) is 12.6 Å². The van der Waals surface area contributed by atoms with Gasteiger partial charge in [-0.15, -0.1) is 0 Å². The molecule has 1 heterocycles. The summed E-state index contributed by atoms with van der Waals surface area (Å²) in [5.74, 6) is 0. The summed E-state index contributed by atoms with van der Waals surface area (Å²) in [4.78, 5) is 0. The van der Waals surface area contributed by atoms with E-state index in [-0.39, 0.29) is 0 Å². The normalized spacial score (nSPS) is 13.2. The molecule has 0 amide bonds. The zero-order valence-electron chi connectivity index (χ0n) is 8.96. The minimum absolute atomic E-state index is 0.432. The minimum Gasteiger partial charge on any atom is -0.312 e. The van der Waals surface area contributed by atoms with Crippen molar-refractivity contribution in [2.75, 3.05) is 7.05 Å². The van der Waals surface area contributed by atoms with Gasteiger partial charge >= 0.3 is 0 Å². The zero-order chi connectivity index (χ0) is 9.84. The Hall–Kier alpha value is -0.830. The van der Waals surface area contributed by atoms with Crippen LogP contribution in [0.2, 0.25) is 0 Å². The molecule has 0 bridgehead atoms. The second kappa shape index (κ2) is 4.42. The topological polar surface area (TPSA) is 29.9 Å². The molecule has 1 atom stereocenters. The fourth-order valence-electron chi connectivity index (χ4n) is 1.66. The van der Waals surface area contributed by atoms with Crippen LogP contribution >= 0.6 is 0 Å². The van der Waals surface area contributed by atoms with E-state index in [0.717, 1.165) is 18.7 Å². The largest absolute Gasteiger partial charge is 0.312 e. The van der Waals surface area contributed by atoms with Crippen molar-refractivity contribution in [1.29, 1.82) is 0 Å². The number of aromatic nitrogens is 2. The molecule has 1 aromatic heterocycles. The van der Waals surface area contributed by atoms with E-state index in [4.69, 9.17) is 0 Å². The summed E-state index contributed by atoms with van der Waals surface area (Å²) in [6.45, 7) is 7.29. The smallest absolute Gasteiger partial charge is 0.0597 e.